The number of halogens is 2. The first-order chi connectivity index (χ1) is 19.9. The summed E-state index contributed by atoms with van der Waals surface area (Å²) in [7, 11) is -2.98. The van der Waals surface area contributed by atoms with Gasteiger partial charge in [0, 0.05) is 38.5 Å². The molecule has 1 saturated carbocycles. The number of amides is 1. The largest absolute Gasteiger partial charge is 0.451 e. The van der Waals surface area contributed by atoms with E-state index in [9.17, 15) is 17.6 Å². The van der Waals surface area contributed by atoms with Crippen LogP contribution in [0.25, 0.3) is 0 Å². The van der Waals surface area contributed by atoms with E-state index in [1.165, 1.54) is 30.9 Å². The Labute approximate surface area is 248 Å². The van der Waals surface area contributed by atoms with Gasteiger partial charge in [-0.2, -0.15) is 0 Å². The number of hydrogen-bond acceptors (Lipinski definition) is 8. The first-order valence-electron chi connectivity index (χ1n) is 14.8. The predicted octanol–water partition coefficient (Wildman–Crippen LogP) is 5.10. The third-order valence-corrected chi connectivity index (χ3v) is 10.2. The molecule has 2 aliphatic rings. The molecule has 1 aromatic carbocycles. The van der Waals surface area contributed by atoms with Crippen LogP contribution in [0, 0.1) is 11.7 Å². The molecule has 1 aromatic heterocycles. The molecule has 1 aliphatic heterocycles. The summed E-state index contributed by atoms with van der Waals surface area (Å²) in [5.74, 6) is 0.184. The average molecular weight is 608 g/mol. The van der Waals surface area contributed by atoms with Crippen LogP contribution in [0.3, 0.4) is 0 Å². The van der Waals surface area contributed by atoms with Gasteiger partial charge in [-0.1, -0.05) is 0 Å². The molecule has 1 saturated heterocycles. The summed E-state index contributed by atoms with van der Waals surface area (Å²) in [6, 6.07) is 3.68. The summed E-state index contributed by atoms with van der Waals surface area (Å²) in [5, 5.41) is 2.85. The minimum Gasteiger partial charge on any atom is -0.451 e. The van der Waals surface area contributed by atoms with Crippen molar-refractivity contribution in [3.63, 3.8) is 0 Å². The van der Waals surface area contributed by atoms with Gasteiger partial charge in [0.25, 0.3) is 5.91 Å². The van der Waals surface area contributed by atoms with Crippen molar-refractivity contribution < 1.29 is 26.7 Å². The van der Waals surface area contributed by atoms with Crippen LogP contribution in [0.4, 0.5) is 14.6 Å². The number of aromatic nitrogens is 2. The molecule has 0 spiro atoms. The second kappa shape index (κ2) is 13.6. The lowest BCUT2D eigenvalue weighted by atomic mass is 9.87. The fourth-order valence-electron chi connectivity index (χ4n) is 5.96. The molecule has 0 bridgehead atoms. The number of alkyl halides is 1. The van der Waals surface area contributed by atoms with E-state index in [1.807, 2.05) is 20.8 Å². The van der Waals surface area contributed by atoms with Crippen molar-refractivity contribution in [2.24, 2.45) is 5.92 Å². The summed E-state index contributed by atoms with van der Waals surface area (Å²) in [6.07, 6.45) is 8.00. The van der Waals surface area contributed by atoms with Crippen LogP contribution >= 0.6 is 0 Å². The molecule has 2 heterocycles. The maximum Gasteiger partial charge on any atom is 0.257 e. The fourth-order valence-corrected chi connectivity index (χ4v) is 7.09. The molecule has 2 aromatic rings. The lowest BCUT2D eigenvalue weighted by Crippen LogP contribution is -2.47. The summed E-state index contributed by atoms with van der Waals surface area (Å²) in [5.41, 5.74) is -1.36. The number of nitrogens with zero attached hydrogens (tertiary/aromatic N) is 4. The number of carbonyl (C=O) groups is 1. The van der Waals surface area contributed by atoms with Crippen molar-refractivity contribution in [2.45, 2.75) is 76.3 Å². The van der Waals surface area contributed by atoms with Gasteiger partial charge in [-0.05, 0) is 83.4 Å². The number of rotatable bonds is 11. The third kappa shape index (κ3) is 8.15. The number of sulfone groups is 1. The maximum absolute atomic E-state index is 15.8. The van der Waals surface area contributed by atoms with Crippen molar-refractivity contribution in [3.05, 3.63) is 42.1 Å². The summed E-state index contributed by atoms with van der Waals surface area (Å²) >= 11 is 0. The molecule has 232 valence electrons. The highest BCUT2D eigenvalue weighted by Gasteiger charge is 2.36. The van der Waals surface area contributed by atoms with Crippen LogP contribution in [-0.4, -0.2) is 90.0 Å². The molecule has 4 rings (SSSR count). The Balaban J connectivity index is 1.35. The smallest absolute Gasteiger partial charge is 0.257 e. The van der Waals surface area contributed by atoms with Gasteiger partial charge in [0.15, 0.2) is 11.6 Å². The Bertz CT molecular complexity index is 1330. The number of piperidine rings is 1. The summed E-state index contributed by atoms with van der Waals surface area (Å²) in [6.45, 7) is 8.23. The molecule has 12 heteroatoms. The van der Waals surface area contributed by atoms with E-state index >= 15 is 4.39 Å². The predicted molar refractivity (Wildman–Crippen MR) is 159 cm³/mol. The number of hydrogen-bond donors (Lipinski definition) is 1. The topological polar surface area (TPSA) is 105 Å². The first kappa shape index (κ1) is 32.1. The monoisotopic (exact) mass is 607 g/mol. The number of carbonyl (C=O) groups excluding carboxylic acids is 1. The number of nitrogens with one attached hydrogen (secondary N) is 1. The van der Waals surface area contributed by atoms with E-state index in [0.29, 0.717) is 51.2 Å². The van der Waals surface area contributed by atoms with E-state index in [1.54, 1.807) is 4.90 Å². The maximum atomic E-state index is 15.8. The highest BCUT2D eigenvalue weighted by molar-refractivity contribution is 7.91. The van der Waals surface area contributed by atoms with E-state index in [4.69, 9.17) is 4.74 Å². The molecule has 0 unspecified atom stereocenters. The molecule has 0 atom stereocenters. The van der Waals surface area contributed by atoms with Crippen LogP contribution in [0.1, 0.15) is 69.7 Å². The van der Waals surface area contributed by atoms with Crippen LogP contribution in [0.5, 0.6) is 11.5 Å². The zero-order chi connectivity index (χ0) is 30.5. The van der Waals surface area contributed by atoms with Gasteiger partial charge >= 0.3 is 0 Å². The average Bonchev–Trinajstić information content (AvgIpc) is 2.95. The summed E-state index contributed by atoms with van der Waals surface area (Å²) in [4.78, 5) is 25.4. The quantitative estimate of drug-likeness (QED) is 0.377. The van der Waals surface area contributed by atoms with Gasteiger partial charge in [-0.25, -0.2) is 27.2 Å². The van der Waals surface area contributed by atoms with Crippen molar-refractivity contribution in [1.29, 1.82) is 0 Å². The highest BCUT2D eigenvalue weighted by atomic mass is 32.2. The molecule has 1 aliphatic carbocycles. The van der Waals surface area contributed by atoms with Gasteiger partial charge in [-0.3, -0.25) is 4.79 Å². The third-order valence-electron chi connectivity index (χ3n) is 8.54. The lowest BCUT2D eigenvalue weighted by Gasteiger charge is -2.39. The Hall–Kier alpha value is -2.86. The first-order valence-corrected chi connectivity index (χ1v) is 16.8. The highest BCUT2D eigenvalue weighted by Crippen LogP contribution is 2.34. The van der Waals surface area contributed by atoms with E-state index in [2.05, 4.69) is 20.2 Å². The Morgan fingerprint density at radius 1 is 1.19 bits per heavy atom. The number of ether oxygens (including phenoxy) is 1. The summed E-state index contributed by atoms with van der Waals surface area (Å²) < 4.78 is 59.7. The Kier molecular flexibility index (Phi) is 10.4. The van der Waals surface area contributed by atoms with Gasteiger partial charge in [-0.15, -0.1) is 0 Å². The van der Waals surface area contributed by atoms with Gasteiger partial charge in [0.1, 0.15) is 33.4 Å². The Morgan fingerprint density at radius 2 is 1.88 bits per heavy atom. The Morgan fingerprint density at radius 3 is 2.50 bits per heavy atom. The van der Waals surface area contributed by atoms with Crippen molar-refractivity contribution in [3.8, 4) is 11.5 Å². The van der Waals surface area contributed by atoms with Gasteiger partial charge in [0.2, 0.25) is 0 Å². The van der Waals surface area contributed by atoms with Crippen LogP contribution in [-0.2, 0) is 9.84 Å². The molecule has 9 nitrogen and oxygen atoms in total. The van der Waals surface area contributed by atoms with Crippen LogP contribution < -0.4 is 10.1 Å². The second-order valence-electron chi connectivity index (χ2n) is 11.9. The van der Waals surface area contributed by atoms with Crippen molar-refractivity contribution in [1.82, 2.24) is 19.8 Å². The zero-order valence-corrected chi connectivity index (χ0v) is 25.8. The lowest BCUT2D eigenvalue weighted by molar-refractivity contribution is 0.0577. The number of anilines is 1. The molecule has 2 fully saturated rings. The van der Waals surface area contributed by atoms with Crippen molar-refractivity contribution >= 4 is 21.6 Å². The normalized spacial score (nSPS) is 21.2. The van der Waals surface area contributed by atoms with E-state index in [-0.39, 0.29) is 46.6 Å². The fraction of sp³-hybridized carbons (Fsp3) is 0.633. The van der Waals surface area contributed by atoms with E-state index < -0.39 is 21.3 Å². The SMILES string of the molecule is CCN(C(=O)c1cc(F)ccc1Oc1cncnc1NCC1(F)CCN(C[C@H]2CC[C@H](S(C)(=O)=O)CC2)CC1)C(C)C. The van der Waals surface area contributed by atoms with Gasteiger partial charge < -0.3 is 19.9 Å². The minimum atomic E-state index is -2.98. The molecular formula is C30H43F2N5O4S. The van der Waals surface area contributed by atoms with Gasteiger partial charge in [0.05, 0.1) is 23.6 Å². The van der Waals surface area contributed by atoms with Crippen LogP contribution in [0.15, 0.2) is 30.7 Å². The van der Waals surface area contributed by atoms with Crippen molar-refractivity contribution in [2.75, 3.05) is 44.3 Å². The molecular weight excluding hydrogens is 564 g/mol. The number of benzene rings is 1. The minimum absolute atomic E-state index is 0.0276. The van der Waals surface area contributed by atoms with E-state index in [0.717, 1.165) is 25.5 Å². The molecule has 1 amide bonds. The molecule has 42 heavy (non-hydrogen) atoms. The van der Waals surface area contributed by atoms with Crippen LogP contribution in [0.2, 0.25) is 0 Å². The standard InChI is InChI=1S/C30H43F2N5O4S/c1-5-37(21(2)3)29(38)25-16-23(31)8-11-26(25)41-27-17-33-20-35-28(27)34-19-30(32)12-14-36(15-13-30)18-22-6-9-24(10-7-22)42(4,39)40/h8,11,16-17,20-22,24H,5-7,9-10,12-15,18-19H2,1-4H3,(H,33,34,35)/t22-,24-. The zero-order valence-electron chi connectivity index (χ0n) is 25.0. The molecule has 1 N–H and O–H groups in total. The second-order valence-corrected chi connectivity index (χ2v) is 14.3. The molecule has 0 radical (unpaired) electrons. The number of likely N-dealkylation sites (tertiary alicyclic amines) is 1.